The summed E-state index contributed by atoms with van der Waals surface area (Å²) in [6.07, 6.45) is 3.80. The SMILES string of the molecule is CCC(C(=O)N1CCC(NC(=O)c2ccnc(Cl)c2)CC1)c1ccccc1. The maximum absolute atomic E-state index is 12.9. The van der Waals surface area contributed by atoms with Crippen molar-refractivity contribution in [2.24, 2.45) is 0 Å². The van der Waals surface area contributed by atoms with Gasteiger partial charge in [-0.05, 0) is 37.0 Å². The van der Waals surface area contributed by atoms with Crippen molar-refractivity contribution in [2.45, 2.75) is 38.1 Å². The molecule has 0 aliphatic carbocycles. The zero-order chi connectivity index (χ0) is 19.2. The lowest BCUT2D eigenvalue weighted by Crippen LogP contribution is -2.47. The van der Waals surface area contributed by atoms with Crippen LogP contribution in [0.25, 0.3) is 0 Å². The van der Waals surface area contributed by atoms with E-state index in [4.69, 9.17) is 11.6 Å². The lowest BCUT2D eigenvalue weighted by atomic mass is 9.93. The number of hydrogen-bond donors (Lipinski definition) is 1. The highest BCUT2D eigenvalue weighted by Gasteiger charge is 2.28. The fourth-order valence-corrected chi connectivity index (χ4v) is 3.69. The summed E-state index contributed by atoms with van der Waals surface area (Å²) in [6.45, 7) is 3.36. The molecule has 0 radical (unpaired) electrons. The van der Waals surface area contributed by atoms with Crippen molar-refractivity contribution in [3.05, 3.63) is 64.9 Å². The molecule has 0 bridgehead atoms. The number of rotatable bonds is 5. The Hall–Kier alpha value is -2.40. The Morgan fingerprint density at radius 2 is 1.93 bits per heavy atom. The first-order chi connectivity index (χ1) is 13.1. The topological polar surface area (TPSA) is 62.3 Å². The predicted molar refractivity (Wildman–Crippen MR) is 106 cm³/mol. The minimum atomic E-state index is -0.153. The van der Waals surface area contributed by atoms with Gasteiger partial charge in [0.1, 0.15) is 5.15 Å². The van der Waals surface area contributed by atoms with Crippen molar-refractivity contribution in [3.63, 3.8) is 0 Å². The summed E-state index contributed by atoms with van der Waals surface area (Å²) < 4.78 is 0. The van der Waals surface area contributed by atoms with Gasteiger partial charge in [-0.2, -0.15) is 0 Å². The molecule has 0 spiro atoms. The smallest absolute Gasteiger partial charge is 0.251 e. The molecule has 1 N–H and O–H groups in total. The van der Waals surface area contributed by atoms with Gasteiger partial charge in [-0.25, -0.2) is 4.98 Å². The Morgan fingerprint density at radius 3 is 2.56 bits per heavy atom. The van der Waals surface area contributed by atoms with Crippen LogP contribution < -0.4 is 5.32 Å². The van der Waals surface area contributed by atoms with Crippen LogP contribution in [0.5, 0.6) is 0 Å². The van der Waals surface area contributed by atoms with Crippen LogP contribution in [0, 0.1) is 0 Å². The maximum Gasteiger partial charge on any atom is 0.251 e. The van der Waals surface area contributed by atoms with Gasteiger partial charge in [0.2, 0.25) is 5.91 Å². The van der Waals surface area contributed by atoms with Crippen molar-refractivity contribution >= 4 is 23.4 Å². The Labute approximate surface area is 164 Å². The van der Waals surface area contributed by atoms with Crippen LogP contribution in [-0.4, -0.2) is 40.8 Å². The summed E-state index contributed by atoms with van der Waals surface area (Å²) in [6, 6.07) is 13.2. The molecular weight excluding hydrogens is 362 g/mol. The molecule has 27 heavy (non-hydrogen) atoms. The number of carbonyl (C=O) groups is 2. The van der Waals surface area contributed by atoms with Crippen molar-refractivity contribution in [1.29, 1.82) is 0 Å². The Bertz CT molecular complexity index is 789. The van der Waals surface area contributed by atoms with E-state index in [0.29, 0.717) is 23.8 Å². The first-order valence-electron chi connectivity index (χ1n) is 9.34. The quantitative estimate of drug-likeness (QED) is 0.799. The molecule has 1 saturated heterocycles. The van der Waals surface area contributed by atoms with Gasteiger partial charge in [0, 0.05) is 30.9 Å². The minimum Gasteiger partial charge on any atom is -0.349 e. The third-order valence-electron chi connectivity index (χ3n) is 5.04. The van der Waals surface area contributed by atoms with Gasteiger partial charge < -0.3 is 10.2 Å². The first-order valence-corrected chi connectivity index (χ1v) is 9.72. The molecule has 2 aromatic rings. The van der Waals surface area contributed by atoms with E-state index in [0.717, 1.165) is 24.8 Å². The fourth-order valence-electron chi connectivity index (χ4n) is 3.52. The van der Waals surface area contributed by atoms with Crippen molar-refractivity contribution in [2.75, 3.05) is 13.1 Å². The average Bonchev–Trinajstić information content (AvgIpc) is 2.70. The fraction of sp³-hybridized carbons (Fsp3) is 0.381. The molecular formula is C21H24ClN3O2. The molecule has 6 heteroatoms. The van der Waals surface area contributed by atoms with Crippen LogP contribution in [0.15, 0.2) is 48.7 Å². The highest BCUT2D eigenvalue weighted by Crippen LogP contribution is 2.24. The van der Waals surface area contributed by atoms with Crippen LogP contribution in [0.2, 0.25) is 5.15 Å². The van der Waals surface area contributed by atoms with Gasteiger partial charge in [0.25, 0.3) is 5.91 Å². The van der Waals surface area contributed by atoms with Gasteiger partial charge in [-0.1, -0.05) is 48.9 Å². The van der Waals surface area contributed by atoms with Crippen molar-refractivity contribution in [3.8, 4) is 0 Å². The maximum atomic E-state index is 12.9. The van der Waals surface area contributed by atoms with E-state index in [1.807, 2.05) is 42.2 Å². The summed E-state index contributed by atoms with van der Waals surface area (Å²) in [5, 5.41) is 3.33. The number of halogens is 1. The zero-order valence-electron chi connectivity index (χ0n) is 15.4. The second kappa shape index (κ2) is 9.00. The zero-order valence-corrected chi connectivity index (χ0v) is 16.2. The largest absolute Gasteiger partial charge is 0.349 e. The lowest BCUT2D eigenvalue weighted by molar-refractivity contribution is -0.134. The van der Waals surface area contributed by atoms with Crippen LogP contribution in [-0.2, 0) is 4.79 Å². The summed E-state index contributed by atoms with van der Waals surface area (Å²) in [4.78, 5) is 31.1. The van der Waals surface area contributed by atoms with Gasteiger partial charge in [-0.15, -0.1) is 0 Å². The standard InChI is InChI=1S/C21H24ClN3O2/c1-2-18(15-6-4-3-5-7-15)21(27)25-12-9-17(10-13-25)24-20(26)16-8-11-23-19(22)14-16/h3-8,11,14,17-18H,2,9-10,12-13H2,1H3,(H,24,26). The molecule has 142 valence electrons. The second-order valence-corrected chi connectivity index (χ2v) is 7.20. The monoisotopic (exact) mass is 385 g/mol. The lowest BCUT2D eigenvalue weighted by Gasteiger charge is -2.34. The average molecular weight is 386 g/mol. The minimum absolute atomic E-state index is 0.0605. The molecule has 1 aromatic carbocycles. The van der Waals surface area contributed by atoms with Crippen LogP contribution in [0.4, 0.5) is 0 Å². The number of hydrogen-bond acceptors (Lipinski definition) is 3. The Balaban J connectivity index is 1.55. The van der Waals surface area contributed by atoms with Crippen LogP contribution in [0.3, 0.4) is 0 Å². The Morgan fingerprint density at radius 1 is 1.22 bits per heavy atom. The third-order valence-corrected chi connectivity index (χ3v) is 5.25. The molecule has 5 nitrogen and oxygen atoms in total. The van der Waals surface area contributed by atoms with Crippen molar-refractivity contribution < 1.29 is 9.59 Å². The number of nitrogens with zero attached hydrogens (tertiary/aromatic N) is 2. The van der Waals surface area contributed by atoms with Gasteiger partial charge in [-0.3, -0.25) is 9.59 Å². The van der Waals surface area contributed by atoms with E-state index in [2.05, 4.69) is 10.3 Å². The van der Waals surface area contributed by atoms with Gasteiger partial charge in [0.05, 0.1) is 5.92 Å². The highest BCUT2D eigenvalue weighted by atomic mass is 35.5. The molecule has 3 rings (SSSR count). The molecule has 1 aliphatic heterocycles. The highest BCUT2D eigenvalue weighted by molar-refractivity contribution is 6.29. The number of pyridine rings is 1. The first kappa shape index (κ1) is 19.4. The number of benzene rings is 1. The number of carbonyl (C=O) groups excluding carboxylic acids is 2. The summed E-state index contributed by atoms with van der Waals surface area (Å²) in [5.41, 5.74) is 1.57. The number of piperidine rings is 1. The molecule has 2 amide bonds. The number of amides is 2. The van der Waals surface area contributed by atoms with E-state index < -0.39 is 0 Å². The second-order valence-electron chi connectivity index (χ2n) is 6.81. The molecule has 1 fully saturated rings. The summed E-state index contributed by atoms with van der Waals surface area (Å²) in [7, 11) is 0. The molecule has 1 unspecified atom stereocenters. The van der Waals surface area contributed by atoms with E-state index in [1.165, 1.54) is 6.20 Å². The molecule has 0 saturated carbocycles. The van der Waals surface area contributed by atoms with E-state index in [-0.39, 0.29) is 23.8 Å². The van der Waals surface area contributed by atoms with Crippen LogP contribution in [0.1, 0.15) is 48.0 Å². The van der Waals surface area contributed by atoms with Gasteiger partial charge in [0.15, 0.2) is 0 Å². The normalized spacial score (nSPS) is 16.0. The van der Waals surface area contributed by atoms with E-state index in [1.54, 1.807) is 12.1 Å². The molecule has 1 aliphatic rings. The Kier molecular flexibility index (Phi) is 6.45. The summed E-state index contributed by atoms with van der Waals surface area (Å²) in [5.74, 6) is -0.0782. The summed E-state index contributed by atoms with van der Waals surface area (Å²) >= 11 is 5.84. The molecule has 1 aromatic heterocycles. The third kappa shape index (κ3) is 4.86. The van der Waals surface area contributed by atoms with Crippen molar-refractivity contribution in [1.82, 2.24) is 15.2 Å². The van der Waals surface area contributed by atoms with E-state index in [9.17, 15) is 9.59 Å². The molecule has 2 heterocycles. The number of nitrogens with one attached hydrogen (secondary N) is 1. The van der Waals surface area contributed by atoms with E-state index >= 15 is 0 Å². The predicted octanol–water partition coefficient (Wildman–Crippen LogP) is 3.65. The van der Waals surface area contributed by atoms with Crippen LogP contribution >= 0.6 is 11.6 Å². The number of likely N-dealkylation sites (tertiary alicyclic amines) is 1. The number of aromatic nitrogens is 1. The molecule has 1 atom stereocenters. The van der Waals surface area contributed by atoms with Gasteiger partial charge >= 0.3 is 0 Å².